The Labute approximate surface area is 95.0 Å². The van der Waals surface area contributed by atoms with E-state index in [0.29, 0.717) is 11.4 Å². The zero-order chi connectivity index (χ0) is 12.1. The van der Waals surface area contributed by atoms with E-state index in [1.165, 1.54) is 6.07 Å². The van der Waals surface area contributed by atoms with E-state index < -0.39 is 4.92 Å². The smallest absolute Gasteiger partial charge is 0.294 e. The Hall–Kier alpha value is -1.78. The molecule has 1 rings (SSSR count). The van der Waals surface area contributed by atoms with Crippen LogP contribution in [0.5, 0.6) is 0 Å². The third-order valence-electron chi connectivity index (χ3n) is 2.45. The maximum absolute atomic E-state index is 10.9. The predicted octanol–water partition coefficient (Wildman–Crippen LogP) is 2.41. The lowest BCUT2D eigenvalue weighted by Crippen LogP contribution is -2.19. The number of nitro groups is 1. The van der Waals surface area contributed by atoms with Gasteiger partial charge in [0.2, 0.25) is 0 Å². The molecule has 0 fully saturated rings. The number of nitro benzene ring substituents is 1. The molecule has 0 amide bonds. The number of hydrogen-bond acceptors (Lipinski definition) is 4. The molecule has 1 aromatic carbocycles. The summed E-state index contributed by atoms with van der Waals surface area (Å²) in [6.45, 7) is 2.90. The second-order valence-corrected chi connectivity index (χ2v) is 3.78. The molecule has 0 heterocycles. The minimum absolute atomic E-state index is 0.0682. The van der Waals surface area contributed by atoms with Crippen LogP contribution in [0, 0.1) is 10.1 Å². The molecule has 5 nitrogen and oxygen atoms in total. The van der Waals surface area contributed by atoms with Crippen LogP contribution in [-0.4, -0.2) is 18.5 Å². The molecule has 0 bridgehead atoms. The first-order chi connectivity index (χ1) is 7.56. The van der Waals surface area contributed by atoms with Crippen LogP contribution in [0.1, 0.15) is 19.8 Å². The Balaban J connectivity index is 2.98. The summed E-state index contributed by atoms with van der Waals surface area (Å²) in [4.78, 5) is 12.4. The van der Waals surface area contributed by atoms with Crippen molar-refractivity contribution in [3.8, 4) is 0 Å². The van der Waals surface area contributed by atoms with Gasteiger partial charge in [0.05, 0.1) is 4.92 Å². The molecule has 0 aliphatic carbocycles. The first kappa shape index (κ1) is 12.3. The van der Waals surface area contributed by atoms with Crippen LogP contribution in [0.2, 0.25) is 0 Å². The van der Waals surface area contributed by atoms with E-state index in [2.05, 4.69) is 6.92 Å². The molecule has 0 saturated heterocycles. The maximum Gasteiger partial charge on any atom is 0.294 e. The van der Waals surface area contributed by atoms with Crippen LogP contribution < -0.4 is 10.6 Å². The van der Waals surface area contributed by atoms with Gasteiger partial charge in [-0.2, -0.15) is 0 Å². The van der Waals surface area contributed by atoms with Crippen LogP contribution in [0.15, 0.2) is 18.2 Å². The summed E-state index contributed by atoms with van der Waals surface area (Å²) in [5, 5.41) is 10.9. The molecule has 0 aliphatic rings. The van der Waals surface area contributed by atoms with Crippen LogP contribution in [-0.2, 0) is 0 Å². The molecule has 2 N–H and O–H groups in total. The summed E-state index contributed by atoms with van der Waals surface area (Å²) in [7, 11) is 1.86. The highest BCUT2D eigenvalue weighted by Crippen LogP contribution is 2.29. The second-order valence-electron chi connectivity index (χ2n) is 3.78. The molecule has 5 heteroatoms. The standard InChI is InChI=1S/C11H17N3O2/c1-3-4-7-13(2)10-6-5-9(12)8-11(10)14(15)16/h5-6,8H,3-4,7,12H2,1-2H3. The van der Waals surface area contributed by atoms with Crippen LogP contribution in [0.3, 0.4) is 0 Å². The molecule has 88 valence electrons. The van der Waals surface area contributed by atoms with Gasteiger partial charge in [-0.25, -0.2) is 0 Å². The van der Waals surface area contributed by atoms with Gasteiger partial charge < -0.3 is 10.6 Å². The largest absolute Gasteiger partial charge is 0.399 e. The third kappa shape index (κ3) is 2.85. The zero-order valence-corrected chi connectivity index (χ0v) is 9.64. The Morgan fingerprint density at radius 2 is 2.19 bits per heavy atom. The lowest BCUT2D eigenvalue weighted by Gasteiger charge is -2.18. The van der Waals surface area contributed by atoms with Gasteiger partial charge in [-0.3, -0.25) is 10.1 Å². The number of rotatable bonds is 5. The van der Waals surface area contributed by atoms with Crippen molar-refractivity contribution in [2.75, 3.05) is 24.2 Å². The van der Waals surface area contributed by atoms with Crippen LogP contribution in [0.25, 0.3) is 0 Å². The molecule has 0 radical (unpaired) electrons. The first-order valence-corrected chi connectivity index (χ1v) is 5.31. The second kappa shape index (κ2) is 5.34. The van der Waals surface area contributed by atoms with Crippen molar-refractivity contribution < 1.29 is 4.92 Å². The summed E-state index contributed by atoms with van der Waals surface area (Å²) >= 11 is 0. The number of hydrogen-bond donors (Lipinski definition) is 1. The number of nitrogen functional groups attached to an aromatic ring is 1. The number of nitrogens with zero attached hydrogens (tertiary/aromatic N) is 2. The summed E-state index contributed by atoms with van der Waals surface area (Å²) < 4.78 is 0. The number of unbranched alkanes of at least 4 members (excludes halogenated alkanes) is 1. The highest BCUT2D eigenvalue weighted by molar-refractivity contribution is 5.67. The zero-order valence-electron chi connectivity index (χ0n) is 9.64. The van der Waals surface area contributed by atoms with E-state index in [9.17, 15) is 10.1 Å². The van der Waals surface area contributed by atoms with E-state index >= 15 is 0 Å². The summed E-state index contributed by atoms with van der Waals surface area (Å²) in [6.07, 6.45) is 2.07. The number of anilines is 2. The van der Waals surface area contributed by atoms with Crippen molar-refractivity contribution >= 4 is 17.1 Å². The van der Waals surface area contributed by atoms with Gasteiger partial charge in [0.25, 0.3) is 5.69 Å². The predicted molar refractivity (Wildman–Crippen MR) is 65.7 cm³/mol. The fraction of sp³-hybridized carbons (Fsp3) is 0.455. The van der Waals surface area contributed by atoms with Crippen molar-refractivity contribution in [1.82, 2.24) is 0 Å². The van der Waals surface area contributed by atoms with Gasteiger partial charge in [-0.05, 0) is 18.6 Å². The Kier molecular flexibility index (Phi) is 4.10. The van der Waals surface area contributed by atoms with E-state index in [1.807, 2.05) is 11.9 Å². The Morgan fingerprint density at radius 3 is 2.75 bits per heavy atom. The molecule has 0 spiro atoms. The molecule has 0 aliphatic heterocycles. The van der Waals surface area contributed by atoms with Gasteiger partial charge in [-0.1, -0.05) is 13.3 Å². The minimum Gasteiger partial charge on any atom is -0.399 e. The number of benzene rings is 1. The lowest BCUT2D eigenvalue weighted by atomic mass is 10.2. The van der Waals surface area contributed by atoms with Crippen LogP contribution in [0.4, 0.5) is 17.1 Å². The van der Waals surface area contributed by atoms with Crippen LogP contribution >= 0.6 is 0 Å². The average Bonchev–Trinajstić information content (AvgIpc) is 2.25. The average molecular weight is 223 g/mol. The summed E-state index contributed by atoms with van der Waals surface area (Å²) in [5.74, 6) is 0. The van der Waals surface area contributed by atoms with Crippen molar-refractivity contribution in [1.29, 1.82) is 0 Å². The fourth-order valence-electron chi connectivity index (χ4n) is 1.53. The topological polar surface area (TPSA) is 72.4 Å². The van der Waals surface area contributed by atoms with E-state index in [4.69, 9.17) is 5.73 Å². The highest BCUT2D eigenvalue weighted by Gasteiger charge is 2.16. The van der Waals surface area contributed by atoms with Crippen molar-refractivity contribution in [3.63, 3.8) is 0 Å². The monoisotopic (exact) mass is 223 g/mol. The quantitative estimate of drug-likeness (QED) is 0.472. The third-order valence-corrected chi connectivity index (χ3v) is 2.45. The fourth-order valence-corrected chi connectivity index (χ4v) is 1.53. The van der Waals surface area contributed by atoms with E-state index in [0.717, 1.165) is 19.4 Å². The van der Waals surface area contributed by atoms with Crippen molar-refractivity contribution in [2.24, 2.45) is 0 Å². The SMILES string of the molecule is CCCCN(C)c1ccc(N)cc1[N+](=O)[O-]. The van der Waals surface area contributed by atoms with E-state index in [-0.39, 0.29) is 5.69 Å². The molecule has 0 saturated carbocycles. The Morgan fingerprint density at radius 1 is 1.50 bits per heavy atom. The summed E-state index contributed by atoms with van der Waals surface area (Å²) in [6, 6.07) is 4.78. The molecule has 0 atom stereocenters. The molecule has 0 aromatic heterocycles. The summed E-state index contributed by atoms with van der Waals surface area (Å²) in [5.41, 5.74) is 6.64. The maximum atomic E-state index is 10.9. The van der Waals surface area contributed by atoms with Gasteiger partial charge >= 0.3 is 0 Å². The van der Waals surface area contributed by atoms with Gasteiger partial charge in [-0.15, -0.1) is 0 Å². The lowest BCUT2D eigenvalue weighted by molar-refractivity contribution is -0.384. The van der Waals surface area contributed by atoms with Crippen molar-refractivity contribution in [2.45, 2.75) is 19.8 Å². The van der Waals surface area contributed by atoms with Gasteiger partial charge in [0.15, 0.2) is 0 Å². The highest BCUT2D eigenvalue weighted by atomic mass is 16.6. The molecule has 16 heavy (non-hydrogen) atoms. The Bertz CT molecular complexity index is 379. The first-order valence-electron chi connectivity index (χ1n) is 5.31. The van der Waals surface area contributed by atoms with E-state index in [1.54, 1.807) is 12.1 Å². The molecule has 1 aromatic rings. The minimum atomic E-state index is -0.395. The molecular weight excluding hydrogens is 206 g/mol. The normalized spacial score (nSPS) is 10.1. The molecular formula is C11H17N3O2. The molecule has 0 unspecified atom stereocenters. The van der Waals surface area contributed by atoms with Gasteiger partial charge in [0, 0.05) is 25.3 Å². The van der Waals surface area contributed by atoms with Crippen molar-refractivity contribution in [3.05, 3.63) is 28.3 Å². The number of nitrogens with two attached hydrogens (primary N) is 1. The van der Waals surface area contributed by atoms with Gasteiger partial charge in [0.1, 0.15) is 5.69 Å².